The third kappa shape index (κ3) is 3.17. The van der Waals surface area contributed by atoms with Gasteiger partial charge in [0.05, 0.1) is 14.2 Å². The number of hydrogen-bond donors (Lipinski definition) is 0. The van der Waals surface area contributed by atoms with Crippen LogP contribution in [0, 0.1) is 6.92 Å². The largest absolute Gasteiger partial charge is 0.493 e. The second-order valence-electron chi connectivity index (χ2n) is 6.57. The quantitative estimate of drug-likeness (QED) is 0.609. The van der Waals surface area contributed by atoms with Crippen molar-refractivity contribution in [1.82, 2.24) is 0 Å². The first-order valence-electron chi connectivity index (χ1n) is 8.98. The van der Waals surface area contributed by atoms with E-state index >= 15 is 0 Å². The van der Waals surface area contributed by atoms with Gasteiger partial charge in [-0.3, -0.25) is 0 Å². The van der Waals surface area contributed by atoms with Gasteiger partial charge in [-0.15, -0.1) is 0 Å². The molecule has 3 aromatic carbocycles. The summed E-state index contributed by atoms with van der Waals surface area (Å²) < 4.78 is 17.1. The number of aryl methyl sites for hydroxylation is 1. The Labute approximate surface area is 159 Å². The van der Waals surface area contributed by atoms with Gasteiger partial charge >= 0.3 is 0 Å². The first-order chi connectivity index (χ1) is 13.2. The maximum atomic E-state index is 6.25. The van der Waals surface area contributed by atoms with E-state index in [0.717, 1.165) is 17.1 Å². The van der Waals surface area contributed by atoms with Crippen LogP contribution in [0.5, 0.6) is 17.2 Å². The molecule has 27 heavy (non-hydrogen) atoms. The van der Waals surface area contributed by atoms with E-state index in [1.54, 1.807) is 14.2 Å². The summed E-state index contributed by atoms with van der Waals surface area (Å²) in [5, 5.41) is 0. The molecule has 0 spiro atoms. The van der Waals surface area contributed by atoms with Gasteiger partial charge in [0.25, 0.3) is 0 Å². The molecule has 0 radical (unpaired) electrons. The number of benzene rings is 3. The molecule has 1 aliphatic rings. The van der Waals surface area contributed by atoms with Gasteiger partial charge in [0.2, 0.25) is 0 Å². The van der Waals surface area contributed by atoms with Gasteiger partial charge in [0.15, 0.2) is 11.5 Å². The van der Waals surface area contributed by atoms with Crippen molar-refractivity contribution in [2.45, 2.75) is 12.8 Å². The van der Waals surface area contributed by atoms with E-state index in [4.69, 9.17) is 14.2 Å². The predicted molar refractivity (Wildman–Crippen MR) is 108 cm³/mol. The summed E-state index contributed by atoms with van der Waals surface area (Å²) in [6.45, 7) is 2.15. The van der Waals surface area contributed by atoms with Crippen LogP contribution in [0.4, 0.5) is 0 Å². The van der Waals surface area contributed by atoms with Crippen LogP contribution in [-0.2, 0) is 0 Å². The lowest BCUT2D eigenvalue weighted by Crippen LogP contribution is -2.11. The number of fused-ring (bicyclic) bond motifs is 1. The average molecular weight is 358 g/mol. The molecule has 0 saturated heterocycles. The number of hydrogen-bond acceptors (Lipinski definition) is 3. The van der Waals surface area contributed by atoms with Gasteiger partial charge in [0, 0.05) is 17.0 Å². The van der Waals surface area contributed by atoms with Gasteiger partial charge in [-0.25, -0.2) is 0 Å². The highest BCUT2D eigenvalue weighted by Crippen LogP contribution is 2.42. The van der Waals surface area contributed by atoms with Gasteiger partial charge in [-0.05, 0) is 48.4 Å². The zero-order valence-corrected chi connectivity index (χ0v) is 15.7. The van der Waals surface area contributed by atoms with E-state index in [-0.39, 0.29) is 5.92 Å². The Morgan fingerprint density at radius 2 is 1.48 bits per heavy atom. The highest BCUT2D eigenvalue weighted by Gasteiger charge is 2.25. The summed E-state index contributed by atoms with van der Waals surface area (Å²) in [7, 11) is 3.28. The molecule has 0 fully saturated rings. The molecule has 0 bridgehead atoms. The standard InChI is InChI=1S/C24H22O3/c1-16-8-4-5-9-18(16)20-15-23(27-21-11-7-6-10-19(20)21)17-12-13-22(25-2)24(14-17)26-3/h4-15,20H,1-3H3/t20-/m0/s1. The molecule has 0 N–H and O–H groups in total. The van der Waals surface area contributed by atoms with Crippen LogP contribution in [0.2, 0.25) is 0 Å². The highest BCUT2D eigenvalue weighted by molar-refractivity contribution is 5.70. The molecule has 0 unspecified atom stereocenters. The maximum Gasteiger partial charge on any atom is 0.161 e. The van der Waals surface area contributed by atoms with Crippen LogP contribution in [0.25, 0.3) is 5.76 Å². The summed E-state index contributed by atoms with van der Waals surface area (Å²) in [5.41, 5.74) is 4.69. The molecule has 3 aromatic rings. The molecule has 0 amide bonds. The zero-order chi connectivity index (χ0) is 18.8. The molecule has 1 atom stereocenters. The fourth-order valence-corrected chi connectivity index (χ4v) is 3.56. The number of allylic oxidation sites excluding steroid dienone is 1. The van der Waals surface area contributed by atoms with Crippen molar-refractivity contribution >= 4 is 5.76 Å². The Kier molecular flexibility index (Phi) is 4.59. The first kappa shape index (κ1) is 17.2. The molecule has 0 aliphatic carbocycles. The number of ether oxygens (including phenoxy) is 3. The second-order valence-corrected chi connectivity index (χ2v) is 6.57. The molecule has 4 rings (SSSR count). The van der Waals surface area contributed by atoms with E-state index in [0.29, 0.717) is 11.5 Å². The molecular weight excluding hydrogens is 336 g/mol. The molecule has 1 heterocycles. The Balaban J connectivity index is 1.84. The molecule has 0 saturated carbocycles. The van der Waals surface area contributed by atoms with Crippen molar-refractivity contribution in [3.05, 3.63) is 95.1 Å². The summed E-state index contributed by atoms with van der Waals surface area (Å²) in [6.07, 6.45) is 2.19. The monoisotopic (exact) mass is 358 g/mol. The van der Waals surface area contributed by atoms with E-state index in [2.05, 4.69) is 49.4 Å². The van der Waals surface area contributed by atoms with Crippen LogP contribution >= 0.6 is 0 Å². The van der Waals surface area contributed by atoms with Crippen molar-refractivity contribution in [1.29, 1.82) is 0 Å². The topological polar surface area (TPSA) is 27.7 Å². The van der Waals surface area contributed by atoms with E-state index in [1.807, 2.05) is 30.3 Å². The number of rotatable bonds is 4. The van der Waals surface area contributed by atoms with Gasteiger partial charge in [0.1, 0.15) is 11.5 Å². The Bertz CT molecular complexity index is 1000. The Morgan fingerprint density at radius 1 is 0.778 bits per heavy atom. The Morgan fingerprint density at radius 3 is 2.22 bits per heavy atom. The highest BCUT2D eigenvalue weighted by atomic mass is 16.5. The minimum Gasteiger partial charge on any atom is -0.493 e. The van der Waals surface area contributed by atoms with Crippen molar-refractivity contribution < 1.29 is 14.2 Å². The normalized spacial score (nSPS) is 15.4. The van der Waals surface area contributed by atoms with Crippen molar-refractivity contribution in [2.24, 2.45) is 0 Å². The fourth-order valence-electron chi connectivity index (χ4n) is 3.56. The lowest BCUT2D eigenvalue weighted by Gasteiger charge is -2.26. The minimum absolute atomic E-state index is 0.138. The SMILES string of the molecule is COc1ccc(C2=C[C@@H](c3ccccc3C)c3ccccc3O2)cc1OC. The zero-order valence-electron chi connectivity index (χ0n) is 15.7. The van der Waals surface area contributed by atoms with Crippen LogP contribution in [-0.4, -0.2) is 14.2 Å². The van der Waals surface area contributed by atoms with Crippen molar-refractivity contribution in [3.8, 4) is 17.2 Å². The third-order valence-electron chi connectivity index (χ3n) is 4.98. The lowest BCUT2D eigenvalue weighted by molar-refractivity contribution is 0.354. The van der Waals surface area contributed by atoms with Crippen molar-refractivity contribution in [3.63, 3.8) is 0 Å². The van der Waals surface area contributed by atoms with Gasteiger partial charge in [-0.1, -0.05) is 42.5 Å². The number of methoxy groups -OCH3 is 2. The van der Waals surface area contributed by atoms with Crippen LogP contribution in [0.1, 0.15) is 28.2 Å². The smallest absolute Gasteiger partial charge is 0.161 e. The van der Waals surface area contributed by atoms with E-state index in [9.17, 15) is 0 Å². The first-order valence-corrected chi connectivity index (χ1v) is 8.98. The molecule has 136 valence electrons. The molecule has 3 nitrogen and oxygen atoms in total. The van der Waals surface area contributed by atoms with Crippen LogP contribution in [0.15, 0.2) is 72.8 Å². The molecule has 3 heteroatoms. The third-order valence-corrected chi connectivity index (χ3v) is 4.98. The Hall–Kier alpha value is -3.20. The van der Waals surface area contributed by atoms with E-state index < -0.39 is 0 Å². The van der Waals surface area contributed by atoms with Gasteiger partial charge < -0.3 is 14.2 Å². The molecule has 0 aromatic heterocycles. The second kappa shape index (κ2) is 7.20. The summed E-state index contributed by atoms with van der Waals surface area (Å²) >= 11 is 0. The predicted octanol–water partition coefficient (Wildman–Crippen LogP) is 5.58. The van der Waals surface area contributed by atoms with Crippen molar-refractivity contribution in [2.75, 3.05) is 14.2 Å². The molecular formula is C24H22O3. The fraction of sp³-hybridized carbons (Fsp3) is 0.167. The lowest BCUT2D eigenvalue weighted by atomic mass is 9.85. The maximum absolute atomic E-state index is 6.25. The summed E-state index contributed by atoms with van der Waals surface area (Å²) in [4.78, 5) is 0. The molecule has 1 aliphatic heterocycles. The van der Waals surface area contributed by atoms with Crippen LogP contribution < -0.4 is 14.2 Å². The summed E-state index contributed by atoms with van der Waals surface area (Å²) in [6, 6.07) is 22.6. The van der Waals surface area contributed by atoms with Crippen LogP contribution in [0.3, 0.4) is 0 Å². The van der Waals surface area contributed by atoms with Gasteiger partial charge in [-0.2, -0.15) is 0 Å². The minimum atomic E-state index is 0.138. The van der Waals surface area contributed by atoms with E-state index in [1.165, 1.54) is 16.7 Å². The summed E-state index contributed by atoms with van der Waals surface area (Å²) in [5.74, 6) is 3.24. The number of para-hydroxylation sites is 1. The average Bonchev–Trinajstić information content (AvgIpc) is 2.73.